The van der Waals surface area contributed by atoms with E-state index in [4.69, 9.17) is 18.6 Å². The van der Waals surface area contributed by atoms with Crippen molar-refractivity contribution >= 4 is 8.32 Å². The fraction of sp³-hybridized carbons (Fsp3) is 0.818. The van der Waals surface area contributed by atoms with Gasteiger partial charge in [0.25, 0.3) is 0 Å². The number of rotatable bonds is 23. The first kappa shape index (κ1) is 36.3. The number of unbranched alkanes of at least 4 members (excludes halogenated alkanes) is 7. The Hall–Kier alpha value is -0.763. The summed E-state index contributed by atoms with van der Waals surface area (Å²) in [5.74, 6) is 0. The van der Waals surface area contributed by atoms with Crippen molar-refractivity contribution in [2.75, 3.05) is 7.11 Å². The van der Waals surface area contributed by atoms with E-state index in [1.54, 1.807) is 7.11 Å². The molecule has 1 aromatic rings. The lowest BCUT2D eigenvalue weighted by Crippen LogP contribution is -2.45. The fourth-order valence-electron chi connectivity index (χ4n) is 4.55. The van der Waals surface area contributed by atoms with E-state index in [2.05, 4.69) is 59.8 Å². The summed E-state index contributed by atoms with van der Waals surface area (Å²) in [5.41, 5.74) is 1.12. The van der Waals surface area contributed by atoms with Crippen LogP contribution in [0.1, 0.15) is 124 Å². The quantitative estimate of drug-likeness (QED) is 0.0812. The van der Waals surface area contributed by atoms with Crippen LogP contribution < -0.4 is 0 Å². The van der Waals surface area contributed by atoms with Gasteiger partial charge in [-0.05, 0) is 36.5 Å². The molecule has 0 saturated heterocycles. The van der Waals surface area contributed by atoms with E-state index >= 15 is 0 Å². The van der Waals surface area contributed by atoms with E-state index in [1.165, 1.54) is 44.9 Å². The molecule has 0 heterocycles. The SMILES string of the molecule is CCCCCCC[C@H](CC(O)O[C@H](CCCCCC)CC(OC)OCc1ccccc1)O[Si](C)(C)C(C)(C)C. The maximum absolute atomic E-state index is 11.2. The standard InChI is InChI=1S/C33H62O5Si/c1-9-11-13-15-20-24-30(38-39(7,8)33(3,4)5)25-31(34)37-29(23-19-14-12-10-2)26-32(35-6)36-27-28-21-17-16-18-22-28/h16-18,21-22,29-32,34H,9-15,19-20,23-27H2,1-8H3/t29-,30-,31?,32?/m1/s1. The normalized spacial score (nSPS) is 15.7. The van der Waals surface area contributed by atoms with Gasteiger partial charge in [0.15, 0.2) is 20.9 Å². The Labute approximate surface area is 242 Å². The van der Waals surface area contributed by atoms with Gasteiger partial charge in [-0.3, -0.25) is 0 Å². The van der Waals surface area contributed by atoms with Crippen LogP contribution in [0.3, 0.4) is 0 Å². The fourth-order valence-corrected chi connectivity index (χ4v) is 5.95. The number of ether oxygens (including phenoxy) is 3. The number of aliphatic hydroxyl groups is 1. The first-order valence-electron chi connectivity index (χ1n) is 15.7. The largest absolute Gasteiger partial charge is 0.414 e. The van der Waals surface area contributed by atoms with Gasteiger partial charge in [-0.15, -0.1) is 0 Å². The van der Waals surface area contributed by atoms with Gasteiger partial charge >= 0.3 is 0 Å². The summed E-state index contributed by atoms with van der Waals surface area (Å²) in [6.45, 7) is 16.4. The Balaban J connectivity index is 2.82. The predicted octanol–water partition coefficient (Wildman–Crippen LogP) is 9.38. The van der Waals surface area contributed by atoms with E-state index in [1.807, 2.05) is 18.2 Å². The Bertz CT molecular complexity index is 706. The molecule has 0 spiro atoms. The maximum Gasteiger partial charge on any atom is 0.192 e. The summed E-state index contributed by atoms with van der Waals surface area (Å²) in [6.07, 6.45) is 12.4. The molecular formula is C33H62O5Si. The Morgan fingerprint density at radius 1 is 0.795 bits per heavy atom. The average molecular weight is 567 g/mol. The van der Waals surface area contributed by atoms with Gasteiger partial charge in [0, 0.05) is 26.1 Å². The monoisotopic (exact) mass is 566 g/mol. The highest BCUT2D eigenvalue weighted by Crippen LogP contribution is 2.38. The second kappa shape index (κ2) is 20.2. The van der Waals surface area contributed by atoms with E-state index in [9.17, 15) is 5.11 Å². The third-order valence-electron chi connectivity index (χ3n) is 8.09. The van der Waals surface area contributed by atoms with Crippen LogP contribution in [0.15, 0.2) is 30.3 Å². The van der Waals surface area contributed by atoms with Gasteiger partial charge in [0.05, 0.1) is 12.7 Å². The Morgan fingerprint density at radius 3 is 1.92 bits per heavy atom. The second-order valence-electron chi connectivity index (χ2n) is 12.7. The number of benzene rings is 1. The molecule has 1 N–H and O–H groups in total. The molecule has 39 heavy (non-hydrogen) atoms. The van der Waals surface area contributed by atoms with Crippen molar-refractivity contribution in [3.8, 4) is 0 Å². The average Bonchev–Trinajstić information content (AvgIpc) is 2.88. The van der Waals surface area contributed by atoms with Crippen molar-refractivity contribution in [2.24, 2.45) is 0 Å². The van der Waals surface area contributed by atoms with Crippen molar-refractivity contribution in [1.29, 1.82) is 0 Å². The number of aliphatic hydroxyl groups excluding tert-OH is 1. The molecule has 1 aromatic carbocycles. The maximum atomic E-state index is 11.2. The molecule has 0 aliphatic rings. The smallest absolute Gasteiger partial charge is 0.192 e. The minimum atomic E-state index is -1.96. The molecule has 0 saturated carbocycles. The van der Waals surface area contributed by atoms with Gasteiger partial charge in [0.1, 0.15) is 0 Å². The summed E-state index contributed by atoms with van der Waals surface area (Å²) in [6, 6.07) is 10.2. The van der Waals surface area contributed by atoms with Gasteiger partial charge in [0.2, 0.25) is 0 Å². The van der Waals surface area contributed by atoms with Crippen LogP contribution in [0, 0.1) is 0 Å². The van der Waals surface area contributed by atoms with E-state index in [0.717, 1.165) is 31.2 Å². The first-order chi connectivity index (χ1) is 18.5. The third kappa shape index (κ3) is 16.3. The highest BCUT2D eigenvalue weighted by Gasteiger charge is 2.39. The predicted molar refractivity (Wildman–Crippen MR) is 166 cm³/mol. The molecule has 0 radical (unpaired) electrons. The first-order valence-corrected chi connectivity index (χ1v) is 18.6. The van der Waals surface area contributed by atoms with Crippen LogP contribution >= 0.6 is 0 Å². The Kier molecular flexibility index (Phi) is 18.8. The van der Waals surface area contributed by atoms with E-state index in [-0.39, 0.29) is 23.5 Å². The van der Waals surface area contributed by atoms with Crippen LogP contribution in [0.25, 0.3) is 0 Å². The van der Waals surface area contributed by atoms with Crippen LogP contribution in [0.4, 0.5) is 0 Å². The molecule has 5 nitrogen and oxygen atoms in total. The molecule has 0 amide bonds. The van der Waals surface area contributed by atoms with Crippen LogP contribution in [-0.2, 0) is 25.2 Å². The summed E-state index contributed by atoms with van der Waals surface area (Å²) in [7, 11) is -0.280. The van der Waals surface area contributed by atoms with Crippen molar-refractivity contribution in [3.63, 3.8) is 0 Å². The van der Waals surface area contributed by atoms with Gasteiger partial charge in [-0.1, -0.05) is 123 Å². The van der Waals surface area contributed by atoms with Gasteiger partial charge in [-0.25, -0.2) is 0 Å². The molecule has 0 aliphatic carbocycles. The van der Waals surface area contributed by atoms with Gasteiger partial charge in [-0.2, -0.15) is 0 Å². The zero-order valence-electron chi connectivity index (χ0n) is 26.7. The molecule has 2 unspecified atom stereocenters. The minimum Gasteiger partial charge on any atom is -0.414 e. The second-order valence-corrected chi connectivity index (χ2v) is 17.5. The molecule has 6 heteroatoms. The summed E-state index contributed by atoms with van der Waals surface area (Å²) in [5, 5.41) is 11.3. The Morgan fingerprint density at radius 2 is 1.36 bits per heavy atom. The molecule has 0 bridgehead atoms. The van der Waals surface area contributed by atoms with Crippen molar-refractivity contribution < 1.29 is 23.7 Å². The van der Waals surface area contributed by atoms with E-state index in [0.29, 0.717) is 19.4 Å². The number of hydrogen-bond acceptors (Lipinski definition) is 5. The number of hydrogen-bond donors (Lipinski definition) is 1. The minimum absolute atomic E-state index is 0.0100. The van der Waals surface area contributed by atoms with Crippen LogP contribution in [-0.4, -0.2) is 45.3 Å². The molecule has 0 aliphatic heterocycles. The third-order valence-corrected chi connectivity index (χ3v) is 12.6. The van der Waals surface area contributed by atoms with Crippen molar-refractivity contribution in [3.05, 3.63) is 35.9 Å². The highest BCUT2D eigenvalue weighted by molar-refractivity contribution is 6.74. The summed E-state index contributed by atoms with van der Waals surface area (Å²) >= 11 is 0. The summed E-state index contributed by atoms with van der Waals surface area (Å²) < 4.78 is 24.9. The summed E-state index contributed by atoms with van der Waals surface area (Å²) in [4.78, 5) is 0. The van der Waals surface area contributed by atoms with Gasteiger partial charge < -0.3 is 23.7 Å². The zero-order valence-corrected chi connectivity index (χ0v) is 27.7. The molecule has 228 valence electrons. The van der Waals surface area contributed by atoms with Crippen molar-refractivity contribution in [1.82, 2.24) is 0 Å². The topological polar surface area (TPSA) is 57.2 Å². The van der Waals surface area contributed by atoms with Crippen molar-refractivity contribution in [2.45, 2.75) is 168 Å². The van der Waals surface area contributed by atoms with E-state index < -0.39 is 14.6 Å². The molecule has 0 aromatic heterocycles. The van der Waals surface area contributed by atoms with Crippen LogP contribution in [0.5, 0.6) is 0 Å². The molecule has 0 fully saturated rings. The lowest BCUT2D eigenvalue weighted by molar-refractivity contribution is -0.193. The zero-order chi connectivity index (χ0) is 29.2. The molecule has 1 rings (SSSR count). The number of methoxy groups -OCH3 is 1. The molecular weight excluding hydrogens is 504 g/mol. The lowest BCUT2D eigenvalue weighted by atomic mass is 10.0. The van der Waals surface area contributed by atoms with Crippen LogP contribution in [0.2, 0.25) is 18.1 Å². The lowest BCUT2D eigenvalue weighted by Gasteiger charge is -2.40. The molecule has 4 atom stereocenters. The highest BCUT2D eigenvalue weighted by atomic mass is 28.4.